The summed E-state index contributed by atoms with van der Waals surface area (Å²) in [5.74, 6) is 1.75. The SMILES string of the molecule is CN=C(NCc1ccc(C)cc1OC1CCOC1)NCC(C)N1CCc2sccc2C1.I. The molecule has 0 bridgehead atoms. The van der Waals surface area contributed by atoms with Gasteiger partial charge in [0.2, 0.25) is 0 Å². The van der Waals surface area contributed by atoms with E-state index in [2.05, 4.69) is 64.0 Å². The number of ether oxygens (including phenoxy) is 2. The standard InChI is InChI=1S/C24H34N4O2S.HI/c1-17-4-5-19(22(12-17)30-21-7-10-29-16-21)14-27-24(25-3)26-13-18(2)28-9-6-23-20(15-28)8-11-31-23;/h4-5,8,11-12,18,21H,6-7,9-10,13-16H2,1-3H3,(H2,25,26,27);1H. The van der Waals surface area contributed by atoms with Crippen molar-refractivity contribution in [3.05, 3.63) is 51.2 Å². The fraction of sp³-hybridized carbons (Fsp3) is 0.542. The summed E-state index contributed by atoms with van der Waals surface area (Å²) in [4.78, 5) is 8.51. The number of thiophene rings is 1. The summed E-state index contributed by atoms with van der Waals surface area (Å²) < 4.78 is 11.7. The molecule has 0 aliphatic carbocycles. The van der Waals surface area contributed by atoms with E-state index < -0.39 is 0 Å². The predicted octanol–water partition coefficient (Wildman–Crippen LogP) is 3.95. The van der Waals surface area contributed by atoms with Crippen LogP contribution >= 0.6 is 35.3 Å². The van der Waals surface area contributed by atoms with Crippen LogP contribution < -0.4 is 15.4 Å². The van der Waals surface area contributed by atoms with Gasteiger partial charge in [-0.3, -0.25) is 9.89 Å². The van der Waals surface area contributed by atoms with E-state index in [0.717, 1.165) is 56.4 Å². The van der Waals surface area contributed by atoms with Gasteiger partial charge in [0, 0.05) is 56.1 Å². The van der Waals surface area contributed by atoms with Gasteiger partial charge in [-0.2, -0.15) is 0 Å². The van der Waals surface area contributed by atoms with Crippen molar-refractivity contribution in [2.75, 3.05) is 33.4 Å². The molecule has 2 unspecified atom stereocenters. The summed E-state index contributed by atoms with van der Waals surface area (Å²) >= 11 is 1.89. The largest absolute Gasteiger partial charge is 0.488 e. The highest BCUT2D eigenvalue weighted by Gasteiger charge is 2.22. The lowest BCUT2D eigenvalue weighted by Gasteiger charge is -2.32. The van der Waals surface area contributed by atoms with Gasteiger partial charge in [0.25, 0.3) is 0 Å². The molecule has 2 aliphatic heterocycles. The fourth-order valence-electron chi connectivity index (χ4n) is 4.12. The number of guanidine groups is 1. The van der Waals surface area contributed by atoms with Crippen LogP contribution in [0.25, 0.3) is 0 Å². The fourth-order valence-corrected chi connectivity index (χ4v) is 5.01. The van der Waals surface area contributed by atoms with Gasteiger partial charge in [-0.1, -0.05) is 12.1 Å². The van der Waals surface area contributed by atoms with Crippen LogP contribution in [0.4, 0.5) is 0 Å². The molecule has 8 heteroatoms. The van der Waals surface area contributed by atoms with Crippen LogP contribution in [0, 0.1) is 6.92 Å². The second kappa shape index (κ2) is 12.2. The van der Waals surface area contributed by atoms with E-state index >= 15 is 0 Å². The third-order valence-electron chi connectivity index (χ3n) is 6.10. The number of nitrogens with one attached hydrogen (secondary N) is 2. The summed E-state index contributed by atoms with van der Waals surface area (Å²) in [7, 11) is 1.82. The average molecular weight is 571 g/mol. The highest BCUT2D eigenvalue weighted by atomic mass is 127. The average Bonchev–Trinajstić information content (AvgIpc) is 3.46. The molecule has 176 valence electrons. The highest BCUT2D eigenvalue weighted by molar-refractivity contribution is 14.0. The third kappa shape index (κ3) is 6.59. The number of hydrogen-bond acceptors (Lipinski definition) is 5. The Hall–Kier alpha value is -1.36. The van der Waals surface area contributed by atoms with Crippen LogP contribution in [0.3, 0.4) is 0 Å². The molecule has 1 aromatic heterocycles. The van der Waals surface area contributed by atoms with Gasteiger partial charge in [-0.25, -0.2) is 0 Å². The number of aryl methyl sites for hydroxylation is 1. The van der Waals surface area contributed by atoms with E-state index in [1.54, 1.807) is 4.88 Å². The second-order valence-corrected chi connectivity index (χ2v) is 9.46. The van der Waals surface area contributed by atoms with E-state index in [4.69, 9.17) is 9.47 Å². The number of fused-ring (bicyclic) bond motifs is 1. The van der Waals surface area contributed by atoms with Crippen molar-refractivity contribution in [2.45, 2.75) is 51.9 Å². The molecule has 2 aromatic rings. The zero-order valence-electron chi connectivity index (χ0n) is 19.2. The molecule has 0 spiro atoms. The minimum absolute atomic E-state index is 0. The molecule has 1 aromatic carbocycles. The van der Waals surface area contributed by atoms with Crippen LogP contribution in [0.2, 0.25) is 0 Å². The lowest BCUT2D eigenvalue weighted by atomic mass is 10.1. The number of aliphatic imine (C=N–C) groups is 1. The molecule has 2 atom stereocenters. The Morgan fingerprint density at radius 3 is 3.00 bits per heavy atom. The van der Waals surface area contributed by atoms with Crippen LogP contribution in [0.1, 0.15) is 34.9 Å². The summed E-state index contributed by atoms with van der Waals surface area (Å²) in [5, 5.41) is 9.16. The molecule has 0 saturated carbocycles. The Morgan fingerprint density at radius 1 is 1.34 bits per heavy atom. The van der Waals surface area contributed by atoms with E-state index in [0.29, 0.717) is 19.2 Å². The van der Waals surface area contributed by atoms with E-state index in [1.807, 2.05) is 18.4 Å². The normalized spacial score (nSPS) is 19.7. The summed E-state index contributed by atoms with van der Waals surface area (Å²) in [6.45, 7) is 9.52. The molecule has 2 aliphatic rings. The zero-order chi connectivity index (χ0) is 21.6. The van der Waals surface area contributed by atoms with Gasteiger partial charge in [-0.15, -0.1) is 35.3 Å². The number of rotatable bonds is 7. The molecule has 1 saturated heterocycles. The molecular formula is C24H35IN4O2S. The highest BCUT2D eigenvalue weighted by Crippen LogP contribution is 2.25. The Balaban J connectivity index is 0.00000289. The van der Waals surface area contributed by atoms with Crippen molar-refractivity contribution in [1.82, 2.24) is 15.5 Å². The van der Waals surface area contributed by atoms with Gasteiger partial charge < -0.3 is 20.1 Å². The van der Waals surface area contributed by atoms with Crippen molar-refractivity contribution in [1.29, 1.82) is 0 Å². The lowest BCUT2D eigenvalue weighted by Crippen LogP contribution is -2.47. The first-order valence-corrected chi connectivity index (χ1v) is 12.1. The zero-order valence-corrected chi connectivity index (χ0v) is 22.4. The van der Waals surface area contributed by atoms with Crippen LogP contribution in [-0.4, -0.2) is 56.4 Å². The van der Waals surface area contributed by atoms with Gasteiger partial charge >= 0.3 is 0 Å². The molecule has 4 rings (SSSR count). The van der Waals surface area contributed by atoms with E-state index in [-0.39, 0.29) is 30.1 Å². The first-order valence-electron chi connectivity index (χ1n) is 11.2. The molecule has 1 fully saturated rings. The van der Waals surface area contributed by atoms with E-state index in [1.165, 1.54) is 11.1 Å². The molecule has 6 nitrogen and oxygen atoms in total. The monoisotopic (exact) mass is 570 g/mol. The van der Waals surface area contributed by atoms with Gasteiger partial charge in [-0.05, 0) is 48.9 Å². The Morgan fingerprint density at radius 2 is 2.22 bits per heavy atom. The van der Waals surface area contributed by atoms with Crippen LogP contribution in [0.15, 0.2) is 34.6 Å². The Labute approximate surface area is 212 Å². The van der Waals surface area contributed by atoms with Crippen molar-refractivity contribution in [3.63, 3.8) is 0 Å². The predicted molar refractivity (Wildman–Crippen MR) is 143 cm³/mol. The lowest BCUT2D eigenvalue weighted by molar-refractivity contribution is 0.140. The summed E-state index contributed by atoms with van der Waals surface area (Å²) in [6.07, 6.45) is 2.25. The number of nitrogens with zero attached hydrogens (tertiary/aromatic N) is 2. The van der Waals surface area contributed by atoms with Gasteiger partial charge in [0.05, 0.1) is 13.2 Å². The Kier molecular flexibility index (Phi) is 9.63. The molecule has 3 heterocycles. The maximum Gasteiger partial charge on any atom is 0.191 e. The quantitative estimate of drug-likeness (QED) is 0.300. The molecular weight excluding hydrogens is 535 g/mol. The second-order valence-electron chi connectivity index (χ2n) is 8.46. The van der Waals surface area contributed by atoms with Crippen LogP contribution in [0.5, 0.6) is 5.75 Å². The maximum atomic E-state index is 6.22. The Bertz CT molecular complexity index is 898. The third-order valence-corrected chi connectivity index (χ3v) is 7.12. The van der Waals surface area contributed by atoms with Crippen molar-refractivity contribution in [3.8, 4) is 5.75 Å². The first-order chi connectivity index (χ1) is 15.1. The molecule has 32 heavy (non-hydrogen) atoms. The molecule has 2 N–H and O–H groups in total. The summed E-state index contributed by atoms with van der Waals surface area (Å²) in [5.41, 5.74) is 3.82. The topological polar surface area (TPSA) is 58.1 Å². The number of halogens is 1. The van der Waals surface area contributed by atoms with Crippen LogP contribution in [-0.2, 0) is 24.2 Å². The van der Waals surface area contributed by atoms with Crippen molar-refractivity contribution >= 4 is 41.3 Å². The molecule has 0 amide bonds. The maximum absolute atomic E-state index is 6.22. The minimum atomic E-state index is 0. The summed E-state index contributed by atoms with van der Waals surface area (Å²) in [6, 6.07) is 9.08. The smallest absolute Gasteiger partial charge is 0.191 e. The minimum Gasteiger partial charge on any atom is -0.488 e. The van der Waals surface area contributed by atoms with E-state index in [9.17, 15) is 0 Å². The number of hydrogen-bond donors (Lipinski definition) is 2. The molecule has 0 radical (unpaired) electrons. The number of benzene rings is 1. The van der Waals surface area contributed by atoms with Crippen molar-refractivity contribution in [2.24, 2.45) is 4.99 Å². The van der Waals surface area contributed by atoms with Gasteiger partial charge in [0.1, 0.15) is 11.9 Å². The van der Waals surface area contributed by atoms with Crippen molar-refractivity contribution < 1.29 is 9.47 Å². The first kappa shape index (κ1) is 25.3. The van der Waals surface area contributed by atoms with Gasteiger partial charge in [0.15, 0.2) is 5.96 Å².